The lowest BCUT2D eigenvalue weighted by Gasteiger charge is -2.13. The Morgan fingerprint density at radius 3 is 1.44 bits per heavy atom. The lowest BCUT2D eigenvalue weighted by molar-refractivity contribution is -0.138. The van der Waals surface area contributed by atoms with Gasteiger partial charge in [-0.25, -0.2) is 19.2 Å². The summed E-state index contributed by atoms with van der Waals surface area (Å²) in [5.74, 6) is 7.59. The number of carbonyl (C=O) groups is 4. The average molecular weight is 1020 g/mol. The monoisotopic (exact) mass is 1020 g/mol. The first-order valence-electron chi connectivity index (χ1n) is 26.6. The van der Waals surface area contributed by atoms with Crippen molar-refractivity contribution >= 4 is 34.6 Å². The van der Waals surface area contributed by atoms with Crippen molar-refractivity contribution in [2.24, 2.45) is 0 Å². The van der Waals surface area contributed by atoms with E-state index in [9.17, 15) is 19.2 Å². The molecule has 0 unspecified atom stereocenters. The Balaban J connectivity index is 0.952. The van der Waals surface area contributed by atoms with Crippen molar-refractivity contribution in [3.63, 3.8) is 0 Å². The molecule has 0 radical (unpaired) electrons. The van der Waals surface area contributed by atoms with Crippen LogP contribution in [0.2, 0.25) is 0 Å². The number of fused-ring (bicyclic) bond motifs is 1. The van der Waals surface area contributed by atoms with Gasteiger partial charge >= 0.3 is 23.9 Å². The molecule has 0 saturated heterocycles. The molecule has 0 bridgehead atoms. The summed E-state index contributed by atoms with van der Waals surface area (Å²) in [7, 11) is 0. The molecule has 0 fully saturated rings. The van der Waals surface area contributed by atoms with Crippen LogP contribution in [0.25, 0.3) is 10.8 Å². The molecule has 0 aliphatic carbocycles. The summed E-state index contributed by atoms with van der Waals surface area (Å²) in [4.78, 5) is 48.5. The molecule has 5 aromatic carbocycles. The molecule has 12 nitrogen and oxygen atoms in total. The van der Waals surface area contributed by atoms with Gasteiger partial charge in [0.2, 0.25) is 0 Å². The molecule has 0 aliphatic rings. The van der Waals surface area contributed by atoms with E-state index in [0.717, 1.165) is 149 Å². The van der Waals surface area contributed by atoms with Crippen molar-refractivity contribution in [1.82, 2.24) is 0 Å². The minimum Gasteiger partial charge on any atom is -0.494 e. The second kappa shape index (κ2) is 34.8. The van der Waals surface area contributed by atoms with Gasteiger partial charge < -0.3 is 37.9 Å². The number of ether oxygens (including phenoxy) is 8. The van der Waals surface area contributed by atoms with Gasteiger partial charge in [0, 0.05) is 23.3 Å². The summed E-state index contributed by atoms with van der Waals surface area (Å²) >= 11 is 0. The van der Waals surface area contributed by atoms with Crippen LogP contribution in [0, 0.1) is 11.8 Å². The quantitative estimate of drug-likeness (QED) is 0.00941. The molecule has 0 heterocycles. The lowest BCUT2D eigenvalue weighted by Crippen LogP contribution is -2.12. The summed E-state index contributed by atoms with van der Waals surface area (Å²) in [6.07, 6.45) is 18.2. The van der Waals surface area contributed by atoms with E-state index < -0.39 is 17.9 Å². The topological polar surface area (TPSA) is 142 Å². The molecule has 0 N–H and O–H groups in total. The van der Waals surface area contributed by atoms with E-state index in [1.54, 1.807) is 36.4 Å². The third-order valence-corrected chi connectivity index (χ3v) is 12.0. The van der Waals surface area contributed by atoms with Gasteiger partial charge in [-0.05, 0) is 172 Å². The zero-order valence-electron chi connectivity index (χ0n) is 43.8. The number of hydrogen-bond acceptors (Lipinski definition) is 12. The van der Waals surface area contributed by atoms with Crippen LogP contribution in [0.15, 0.2) is 128 Å². The predicted octanol–water partition coefficient (Wildman–Crippen LogP) is 13.9. The highest BCUT2D eigenvalue weighted by Crippen LogP contribution is 2.28. The number of carbonyl (C=O) groups excluding carboxylic acids is 4. The van der Waals surface area contributed by atoms with Gasteiger partial charge in [-0.3, -0.25) is 0 Å². The summed E-state index contributed by atoms with van der Waals surface area (Å²) in [5, 5.41) is 2.20. The number of benzene rings is 5. The third-order valence-electron chi connectivity index (χ3n) is 12.0. The summed E-state index contributed by atoms with van der Waals surface area (Å²) in [6.45, 7) is 12.2. The van der Waals surface area contributed by atoms with Gasteiger partial charge in [0.25, 0.3) is 0 Å². The van der Waals surface area contributed by atoms with Crippen LogP contribution in [-0.4, -0.2) is 70.1 Å². The van der Waals surface area contributed by atoms with Crippen molar-refractivity contribution in [1.29, 1.82) is 0 Å². The molecular weight excluding hydrogens is 949 g/mol. The van der Waals surface area contributed by atoms with Crippen LogP contribution in [0.5, 0.6) is 28.7 Å². The van der Waals surface area contributed by atoms with Gasteiger partial charge in [0.1, 0.15) is 34.3 Å². The number of rotatable bonds is 36. The largest absolute Gasteiger partial charge is 0.494 e. The maximum absolute atomic E-state index is 13.2. The van der Waals surface area contributed by atoms with Gasteiger partial charge in [-0.2, -0.15) is 0 Å². The Morgan fingerprint density at radius 2 is 0.853 bits per heavy atom. The average Bonchev–Trinajstić information content (AvgIpc) is 3.43. The van der Waals surface area contributed by atoms with Crippen LogP contribution >= 0.6 is 0 Å². The molecule has 5 aromatic rings. The smallest absolute Gasteiger partial charge is 0.343 e. The SMILES string of the molecule is C=CC(=O)OCCCCCCOc1ccc(C(=O)Oc2ccc(OCCCCCCCCOc3ccc(C#Cc4ccc5cc(OCCCCCCOC(=O)C=C)ccc5c4)cc3)c(C(=O)OCCCCC)c2)cc1. The van der Waals surface area contributed by atoms with E-state index in [1.165, 1.54) is 12.1 Å². The van der Waals surface area contributed by atoms with Crippen molar-refractivity contribution in [2.45, 2.75) is 116 Å². The van der Waals surface area contributed by atoms with Crippen LogP contribution in [0.3, 0.4) is 0 Å². The molecule has 0 aromatic heterocycles. The zero-order valence-corrected chi connectivity index (χ0v) is 43.8. The maximum Gasteiger partial charge on any atom is 0.343 e. The first kappa shape index (κ1) is 58.4. The van der Waals surface area contributed by atoms with Gasteiger partial charge in [-0.1, -0.05) is 82.6 Å². The zero-order chi connectivity index (χ0) is 53.1. The van der Waals surface area contributed by atoms with Crippen LogP contribution in [0.1, 0.15) is 148 Å². The minimum atomic E-state index is -0.568. The number of hydrogen-bond donors (Lipinski definition) is 0. The Bertz CT molecular complexity index is 2610. The molecule has 0 spiro atoms. The van der Waals surface area contributed by atoms with Gasteiger partial charge in [0.05, 0.1) is 51.8 Å². The minimum absolute atomic E-state index is 0.210. The van der Waals surface area contributed by atoms with Crippen LogP contribution < -0.4 is 23.7 Å². The Kier molecular flexibility index (Phi) is 27.1. The molecule has 0 atom stereocenters. The van der Waals surface area contributed by atoms with E-state index in [0.29, 0.717) is 63.3 Å². The van der Waals surface area contributed by atoms with Gasteiger partial charge in [-0.15, -0.1) is 0 Å². The fourth-order valence-corrected chi connectivity index (χ4v) is 7.72. The second-order valence-electron chi connectivity index (χ2n) is 18.0. The van der Waals surface area contributed by atoms with Crippen molar-refractivity contribution in [3.05, 3.63) is 151 Å². The fourth-order valence-electron chi connectivity index (χ4n) is 7.72. The predicted molar refractivity (Wildman–Crippen MR) is 293 cm³/mol. The molecule has 0 amide bonds. The van der Waals surface area contributed by atoms with Crippen LogP contribution in [-0.2, 0) is 23.8 Å². The summed E-state index contributed by atoms with van der Waals surface area (Å²) in [5.41, 5.74) is 2.41. The van der Waals surface area contributed by atoms with Crippen molar-refractivity contribution < 1.29 is 57.1 Å². The molecule has 0 saturated carbocycles. The van der Waals surface area contributed by atoms with E-state index in [-0.39, 0.29) is 17.3 Å². The highest BCUT2D eigenvalue weighted by atomic mass is 16.5. The Labute approximate surface area is 443 Å². The van der Waals surface area contributed by atoms with Gasteiger partial charge in [0.15, 0.2) is 0 Å². The van der Waals surface area contributed by atoms with Crippen molar-refractivity contribution in [2.75, 3.05) is 46.2 Å². The first-order valence-corrected chi connectivity index (χ1v) is 26.6. The third kappa shape index (κ3) is 23.1. The number of unbranched alkanes of at least 4 members (excludes halogenated alkanes) is 13. The second-order valence-corrected chi connectivity index (χ2v) is 18.0. The lowest BCUT2D eigenvalue weighted by atomic mass is 10.1. The van der Waals surface area contributed by atoms with Crippen LogP contribution in [0.4, 0.5) is 0 Å². The van der Waals surface area contributed by atoms with E-state index in [1.807, 2.05) is 36.4 Å². The highest BCUT2D eigenvalue weighted by molar-refractivity contribution is 5.94. The molecule has 5 rings (SSSR count). The number of esters is 4. The molecule has 12 heteroatoms. The Hall–Kier alpha value is -7.52. The Morgan fingerprint density at radius 1 is 0.413 bits per heavy atom. The van der Waals surface area contributed by atoms with E-state index >= 15 is 0 Å². The molecular formula is C63H74O12. The van der Waals surface area contributed by atoms with E-state index in [2.05, 4.69) is 56.2 Å². The van der Waals surface area contributed by atoms with E-state index in [4.69, 9.17) is 37.9 Å². The first-order chi connectivity index (χ1) is 36.7. The fraction of sp³-hybridized carbons (Fsp3) is 0.397. The highest BCUT2D eigenvalue weighted by Gasteiger charge is 2.18. The molecule has 0 aliphatic heterocycles. The molecule has 398 valence electrons. The normalized spacial score (nSPS) is 10.6. The molecule has 75 heavy (non-hydrogen) atoms. The summed E-state index contributed by atoms with van der Waals surface area (Å²) in [6, 6.07) is 31.7. The summed E-state index contributed by atoms with van der Waals surface area (Å²) < 4.78 is 45.1. The maximum atomic E-state index is 13.2. The van der Waals surface area contributed by atoms with Crippen molar-refractivity contribution in [3.8, 4) is 40.6 Å². The standard InChI is InChI=1S/C63H74O12/c1-4-7-16-45-74-63(67)58-48-57(75-62(66)51-29-34-55(35-30-51)69-40-18-12-14-21-43-72-60(64)5-2)37-38-59(58)71-42-20-11-9-8-10-17-39-68-54-32-26-49(27-33-54)23-24-50-25-28-53-47-56(36-31-52(53)46-50)70-41-19-13-15-22-44-73-61(65)6-3/h5-6,25-38,46-48H,2-4,7-22,39-45H2,1H3.